The summed E-state index contributed by atoms with van der Waals surface area (Å²) < 4.78 is 16.3. The number of benzene rings is 2. The predicted octanol–water partition coefficient (Wildman–Crippen LogP) is 5.09. The maximum absolute atomic E-state index is 12.7. The first-order chi connectivity index (χ1) is 13.4. The summed E-state index contributed by atoms with van der Waals surface area (Å²) in [4.78, 5) is 12.7. The molecule has 3 rings (SSSR count). The molecule has 28 heavy (non-hydrogen) atoms. The largest absolute Gasteiger partial charge is 0.495 e. The average Bonchev–Trinajstić information content (AvgIpc) is 3.00. The Morgan fingerprint density at radius 1 is 1.21 bits per heavy atom. The van der Waals surface area contributed by atoms with Crippen molar-refractivity contribution in [1.82, 2.24) is 5.16 Å². The number of amides is 1. The maximum Gasteiger partial charge on any atom is 0.255 e. The first-order valence-electron chi connectivity index (χ1n) is 8.69. The molecule has 7 heteroatoms. The van der Waals surface area contributed by atoms with Crippen molar-refractivity contribution in [3.05, 3.63) is 69.6 Å². The number of nitrogens with zero attached hydrogens (tertiary/aromatic N) is 1. The van der Waals surface area contributed by atoms with Crippen LogP contribution < -0.4 is 14.8 Å². The highest BCUT2D eigenvalue weighted by molar-refractivity contribution is 6.31. The number of aromatic nitrogens is 1. The zero-order chi connectivity index (χ0) is 20.3. The average molecular weight is 401 g/mol. The van der Waals surface area contributed by atoms with Gasteiger partial charge in [-0.05, 0) is 50.6 Å². The molecule has 1 N–H and O–H groups in total. The quantitative estimate of drug-likeness (QED) is 0.623. The molecule has 1 heterocycles. The van der Waals surface area contributed by atoms with Gasteiger partial charge in [0, 0.05) is 16.7 Å². The third-order valence-electron chi connectivity index (χ3n) is 4.39. The molecule has 3 aromatic rings. The van der Waals surface area contributed by atoms with Gasteiger partial charge in [0.25, 0.3) is 5.91 Å². The highest BCUT2D eigenvalue weighted by atomic mass is 35.5. The lowest BCUT2D eigenvalue weighted by molar-refractivity contribution is 0.102. The molecule has 0 unspecified atom stereocenters. The number of halogens is 1. The van der Waals surface area contributed by atoms with Gasteiger partial charge in [0.1, 0.15) is 23.9 Å². The van der Waals surface area contributed by atoms with Gasteiger partial charge in [-0.2, -0.15) is 0 Å². The van der Waals surface area contributed by atoms with Crippen LogP contribution in [0.25, 0.3) is 0 Å². The molecular weight excluding hydrogens is 380 g/mol. The van der Waals surface area contributed by atoms with E-state index in [9.17, 15) is 4.79 Å². The van der Waals surface area contributed by atoms with Crippen LogP contribution in [-0.2, 0) is 6.61 Å². The number of anilines is 1. The highest BCUT2D eigenvalue weighted by Crippen LogP contribution is 2.31. The van der Waals surface area contributed by atoms with Gasteiger partial charge in [0.05, 0.1) is 24.1 Å². The normalized spacial score (nSPS) is 10.6. The van der Waals surface area contributed by atoms with Crippen molar-refractivity contribution in [2.75, 3.05) is 12.4 Å². The van der Waals surface area contributed by atoms with Crippen LogP contribution in [0.15, 0.2) is 40.9 Å². The van der Waals surface area contributed by atoms with Crippen molar-refractivity contribution in [3.8, 4) is 11.5 Å². The Morgan fingerprint density at radius 2 is 2.00 bits per heavy atom. The number of nitrogens with one attached hydrogen (secondary N) is 1. The van der Waals surface area contributed by atoms with E-state index in [1.165, 1.54) is 7.11 Å². The second-order valence-corrected chi connectivity index (χ2v) is 6.78. The van der Waals surface area contributed by atoms with Crippen LogP contribution in [-0.4, -0.2) is 18.2 Å². The van der Waals surface area contributed by atoms with Gasteiger partial charge in [-0.3, -0.25) is 4.79 Å². The van der Waals surface area contributed by atoms with E-state index in [-0.39, 0.29) is 5.91 Å². The van der Waals surface area contributed by atoms with Crippen molar-refractivity contribution in [3.63, 3.8) is 0 Å². The van der Waals surface area contributed by atoms with E-state index in [0.29, 0.717) is 34.4 Å². The summed E-state index contributed by atoms with van der Waals surface area (Å²) in [7, 11) is 1.53. The molecule has 0 aliphatic rings. The van der Waals surface area contributed by atoms with Gasteiger partial charge in [-0.25, -0.2) is 0 Å². The van der Waals surface area contributed by atoms with E-state index < -0.39 is 0 Å². The molecule has 6 nitrogen and oxygen atoms in total. The van der Waals surface area contributed by atoms with Crippen LogP contribution in [0.1, 0.15) is 32.9 Å². The van der Waals surface area contributed by atoms with E-state index in [1.54, 1.807) is 36.4 Å². The standard InChI is InChI=1S/C21H21ClN2O4/c1-12-8-19(20(26-4)10-18(12)22)23-21(25)15-6-5-7-16(9-15)27-11-17-13(2)24-28-14(17)3/h5-10H,11H2,1-4H3,(H,23,25). The molecule has 0 atom stereocenters. The first-order valence-corrected chi connectivity index (χ1v) is 9.07. The lowest BCUT2D eigenvalue weighted by Gasteiger charge is -2.13. The molecule has 0 radical (unpaired) electrons. The Bertz CT molecular complexity index is 994. The lowest BCUT2D eigenvalue weighted by atomic mass is 10.1. The topological polar surface area (TPSA) is 73.6 Å². The van der Waals surface area contributed by atoms with Gasteiger partial charge in [-0.15, -0.1) is 0 Å². The van der Waals surface area contributed by atoms with Gasteiger partial charge in [0.15, 0.2) is 0 Å². The van der Waals surface area contributed by atoms with Crippen molar-refractivity contribution >= 4 is 23.2 Å². The van der Waals surface area contributed by atoms with Crippen molar-refractivity contribution in [2.45, 2.75) is 27.4 Å². The minimum Gasteiger partial charge on any atom is -0.495 e. The predicted molar refractivity (Wildman–Crippen MR) is 107 cm³/mol. The number of methoxy groups -OCH3 is 1. The number of rotatable bonds is 6. The number of aryl methyl sites for hydroxylation is 3. The molecule has 0 aliphatic carbocycles. The second-order valence-electron chi connectivity index (χ2n) is 6.38. The molecule has 0 saturated carbocycles. The van der Waals surface area contributed by atoms with Crippen molar-refractivity contribution in [1.29, 1.82) is 0 Å². The number of carbonyl (C=O) groups is 1. The summed E-state index contributed by atoms with van der Waals surface area (Å²) in [5, 5.41) is 7.34. The van der Waals surface area contributed by atoms with E-state index in [2.05, 4.69) is 10.5 Å². The zero-order valence-electron chi connectivity index (χ0n) is 16.1. The third-order valence-corrected chi connectivity index (χ3v) is 4.80. The van der Waals surface area contributed by atoms with E-state index >= 15 is 0 Å². The molecule has 0 bridgehead atoms. The Kier molecular flexibility index (Phi) is 5.90. The number of carbonyl (C=O) groups excluding carboxylic acids is 1. The lowest BCUT2D eigenvalue weighted by Crippen LogP contribution is -2.13. The van der Waals surface area contributed by atoms with Crippen LogP contribution >= 0.6 is 11.6 Å². The minimum atomic E-state index is -0.275. The maximum atomic E-state index is 12.7. The molecule has 1 amide bonds. The Balaban J connectivity index is 1.75. The number of ether oxygens (including phenoxy) is 2. The molecule has 146 valence electrons. The number of hydrogen-bond donors (Lipinski definition) is 1. The smallest absolute Gasteiger partial charge is 0.255 e. The van der Waals surface area contributed by atoms with Crippen molar-refractivity contribution in [2.24, 2.45) is 0 Å². The van der Waals surface area contributed by atoms with Crippen LogP contribution in [0.5, 0.6) is 11.5 Å². The van der Waals surface area contributed by atoms with Gasteiger partial charge >= 0.3 is 0 Å². The highest BCUT2D eigenvalue weighted by Gasteiger charge is 2.14. The van der Waals surface area contributed by atoms with E-state index in [1.807, 2.05) is 20.8 Å². The Morgan fingerprint density at radius 3 is 2.68 bits per heavy atom. The van der Waals surface area contributed by atoms with E-state index in [4.69, 9.17) is 25.6 Å². The van der Waals surface area contributed by atoms with Crippen LogP contribution in [0, 0.1) is 20.8 Å². The number of hydrogen-bond acceptors (Lipinski definition) is 5. The molecule has 0 spiro atoms. The summed E-state index contributed by atoms with van der Waals surface area (Å²) in [5.74, 6) is 1.51. The minimum absolute atomic E-state index is 0.275. The first kappa shape index (κ1) is 19.8. The summed E-state index contributed by atoms with van der Waals surface area (Å²) in [5.41, 5.74) is 3.55. The Labute approximate surface area is 168 Å². The molecule has 0 saturated heterocycles. The van der Waals surface area contributed by atoms with E-state index in [0.717, 1.165) is 22.6 Å². The monoisotopic (exact) mass is 400 g/mol. The second kappa shape index (κ2) is 8.35. The Hall–Kier alpha value is -2.99. The molecular formula is C21H21ClN2O4. The van der Waals surface area contributed by atoms with Gasteiger partial charge in [-0.1, -0.05) is 22.8 Å². The molecule has 1 aromatic heterocycles. The van der Waals surface area contributed by atoms with Crippen LogP contribution in [0.4, 0.5) is 5.69 Å². The fourth-order valence-corrected chi connectivity index (χ4v) is 2.87. The van der Waals surface area contributed by atoms with Crippen LogP contribution in [0.3, 0.4) is 0 Å². The SMILES string of the molecule is COc1cc(Cl)c(C)cc1NC(=O)c1cccc(OCc2c(C)noc2C)c1. The zero-order valence-corrected chi connectivity index (χ0v) is 16.9. The summed E-state index contributed by atoms with van der Waals surface area (Å²) in [6.45, 7) is 5.88. The van der Waals surface area contributed by atoms with Gasteiger partial charge < -0.3 is 19.3 Å². The van der Waals surface area contributed by atoms with Crippen LogP contribution in [0.2, 0.25) is 5.02 Å². The summed E-state index contributed by atoms with van der Waals surface area (Å²) in [6.07, 6.45) is 0. The fraction of sp³-hybridized carbons (Fsp3) is 0.238. The third kappa shape index (κ3) is 4.28. The molecule has 0 fully saturated rings. The summed E-state index contributed by atoms with van der Waals surface area (Å²) >= 11 is 6.12. The van der Waals surface area contributed by atoms with Gasteiger partial charge in [0.2, 0.25) is 0 Å². The fourth-order valence-electron chi connectivity index (χ4n) is 2.71. The van der Waals surface area contributed by atoms with Crippen molar-refractivity contribution < 1.29 is 18.8 Å². The molecule has 0 aliphatic heterocycles. The molecule has 2 aromatic carbocycles. The summed E-state index contributed by atoms with van der Waals surface area (Å²) in [6, 6.07) is 10.4.